The number of aliphatic hydroxyl groups is 1. The number of carbonyl (C=O) groups excluding carboxylic acids is 3. The molecule has 8 nitrogen and oxygen atoms in total. The van der Waals surface area contributed by atoms with Crippen molar-refractivity contribution in [1.82, 2.24) is 5.32 Å². The number of nitrogens with one attached hydrogen (secondary N) is 1. The summed E-state index contributed by atoms with van der Waals surface area (Å²) in [7, 11) is 0. The number of aliphatic carboxylic acids is 1. The molecule has 0 radical (unpaired) electrons. The number of ether oxygens (including phenoxy) is 1. The Hall–Kier alpha value is -3.68. The van der Waals surface area contributed by atoms with Crippen molar-refractivity contribution in [3.63, 3.8) is 0 Å². The van der Waals surface area contributed by atoms with E-state index in [1.165, 1.54) is 6.92 Å². The molecule has 246 valence electrons. The number of fused-ring (bicyclic) bond motifs is 1. The molecule has 0 fully saturated rings. The molecule has 1 amide bonds. The molecule has 3 rings (SSSR count). The summed E-state index contributed by atoms with van der Waals surface area (Å²) < 4.78 is 6.23. The molecule has 1 aliphatic heterocycles. The molecular formula is C37H51NO7. The van der Waals surface area contributed by atoms with Gasteiger partial charge in [-0.15, -0.1) is 0 Å². The highest BCUT2D eigenvalue weighted by Crippen LogP contribution is 2.63. The van der Waals surface area contributed by atoms with Crippen LogP contribution >= 0.6 is 0 Å². The second-order valence-corrected chi connectivity index (χ2v) is 14.4. The largest absolute Gasteiger partial charge is 0.510 e. The number of carboxylic acid groups (broad SMARTS) is 1. The molecule has 1 heterocycles. The Bertz CT molecular complexity index is 1410. The maximum absolute atomic E-state index is 13.7. The van der Waals surface area contributed by atoms with Crippen LogP contribution in [0.1, 0.15) is 112 Å². The molecule has 4 atom stereocenters. The minimum absolute atomic E-state index is 0.135. The fourth-order valence-corrected chi connectivity index (χ4v) is 7.07. The van der Waals surface area contributed by atoms with Crippen LogP contribution < -0.4 is 5.32 Å². The van der Waals surface area contributed by atoms with Crippen molar-refractivity contribution in [3.05, 3.63) is 70.2 Å². The van der Waals surface area contributed by atoms with Crippen LogP contribution in [-0.2, 0) is 23.9 Å². The number of amides is 1. The Kier molecular flexibility index (Phi) is 10.9. The fourth-order valence-electron chi connectivity index (χ4n) is 7.07. The summed E-state index contributed by atoms with van der Waals surface area (Å²) in [5.74, 6) is -3.86. The first-order chi connectivity index (χ1) is 20.9. The van der Waals surface area contributed by atoms with Gasteiger partial charge >= 0.3 is 11.9 Å². The molecule has 0 saturated carbocycles. The number of allylic oxidation sites excluding steroid dienone is 3. The number of Topliss-reactive ketones (excluding diaryl/α,β-unsaturated/α-hetero) is 1. The number of rotatable bonds is 13. The Morgan fingerprint density at radius 1 is 1.13 bits per heavy atom. The normalized spacial score (nSPS) is 22.6. The quantitative estimate of drug-likeness (QED) is 0.118. The van der Waals surface area contributed by atoms with Crippen LogP contribution in [0.5, 0.6) is 0 Å². The standard InChI is InChI=1S/C37H51NO7/c1-10-23(4)31(42)29-32(43)37(19-16-22(2)3)21-26(17-18-35(6,7)38-24(5)39)36(8,9)30(33(37)45-34(29)44)27(20-28(40)41)25-14-12-11-13-15-25/h11-16,23,26-27,43H,10,17-21H2,1-9H3,(H,38,39)(H,40,41). The van der Waals surface area contributed by atoms with E-state index in [9.17, 15) is 29.4 Å². The van der Waals surface area contributed by atoms with Gasteiger partial charge in [0.2, 0.25) is 5.91 Å². The summed E-state index contributed by atoms with van der Waals surface area (Å²) in [6.07, 6.45) is 4.07. The first-order valence-electron chi connectivity index (χ1n) is 16.0. The van der Waals surface area contributed by atoms with Gasteiger partial charge in [-0.05, 0) is 82.3 Å². The van der Waals surface area contributed by atoms with Crippen LogP contribution in [0.3, 0.4) is 0 Å². The lowest BCUT2D eigenvalue weighted by molar-refractivity contribution is -0.143. The molecule has 0 spiro atoms. The molecule has 0 saturated heterocycles. The van der Waals surface area contributed by atoms with Gasteiger partial charge < -0.3 is 20.3 Å². The lowest BCUT2D eigenvalue weighted by atomic mass is 9.52. The number of carbonyl (C=O) groups is 4. The third-order valence-electron chi connectivity index (χ3n) is 9.80. The average molecular weight is 622 g/mol. The average Bonchev–Trinajstić information content (AvgIpc) is 2.94. The molecule has 1 aromatic carbocycles. The first kappa shape index (κ1) is 35.8. The molecule has 4 unspecified atom stereocenters. The minimum atomic E-state index is -1.26. The second-order valence-electron chi connectivity index (χ2n) is 14.4. The van der Waals surface area contributed by atoms with Gasteiger partial charge in [0, 0.05) is 24.3 Å². The predicted molar refractivity (Wildman–Crippen MR) is 174 cm³/mol. The summed E-state index contributed by atoms with van der Waals surface area (Å²) >= 11 is 0. The lowest BCUT2D eigenvalue weighted by Crippen LogP contribution is -2.49. The van der Waals surface area contributed by atoms with Crippen LogP contribution in [0.25, 0.3) is 0 Å². The number of ketones is 1. The van der Waals surface area contributed by atoms with E-state index in [0.29, 0.717) is 31.3 Å². The number of carboxylic acids is 1. The first-order valence-corrected chi connectivity index (χ1v) is 16.0. The molecule has 3 N–H and O–H groups in total. The molecule has 0 bridgehead atoms. The highest BCUT2D eigenvalue weighted by molar-refractivity contribution is 6.19. The van der Waals surface area contributed by atoms with E-state index < -0.39 is 45.9 Å². The maximum Gasteiger partial charge on any atom is 0.350 e. The molecular weight excluding hydrogens is 570 g/mol. The predicted octanol–water partition coefficient (Wildman–Crippen LogP) is 7.57. The molecule has 0 aromatic heterocycles. The van der Waals surface area contributed by atoms with Crippen LogP contribution in [0.2, 0.25) is 0 Å². The highest BCUT2D eigenvalue weighted by atomic mass is 16.5. The van der Waals surface area contributed by atoms with E-state index in [2.05, 4.69) is 5.32 Å². The van der Waals surface area contributed by atoms with E-state index in [1.807, 2.05) is 84.9 Å². The number of hydrogen-bond acceptors (Lipinski definition) is 6. The molecule has 1 aliphatic carbocycles. The van der Waals surface area contributed by atoms with Gasteiger partial charge in [0.25, 0.3) is 0 Å². The van der Waals surface area contributed by atoms with E-state index in [-0.39, 0.29) is 41.8 Å². The molecule has 8 heteroatoms. The zero-order valence-corrected chi connectivity index (χ0v) is 28.4. The van der Waals surface area contributed by atoms with E-state index in [1.54, 1.807) is 6.92 Å². The Labute approximate surface area is 268 Å². The van der Waals surface area contributed by atoms with Crippen molar-refractivity contribution in [1.29, 1.82) is 0 Å². The number of benzene rings is 1. The maximum atomic E-state index is 13.7. The van der Waals surface area contributed by atoms with Crippen LogP contribution in [0.15, 0.2) is 64.6 Å². The van der Waals surface area contributed by atoms with E-state index in [0.717, 1.165) is 11.1 Å². The van der Waals surface area contributed by atoms with Crippen molar-refractivity contribution in [2.24, 2.45) is 22.7 Å². The number of aliphatic hydroxyl groups excluding tert-OH is 1. The van der Waals surface area contributed by atoms with Crippen molar-refractivity contribution in [2.75, 3.05) is 0 Å². The molecule has 45 heavy (non-hydrogen) atoms. The topological polar surface area (TPSA) is 130 Å². The smallest absolute Gasteiger partial charge is 0.350 e. The lowest BCUT2D eigenvalue weighted by Gasteiger charge is -2.53. The van der Waals surface area contributed by atoms with E-state index in [4.69, 9.17) is 4.74 Å². The van der Waals surface area contributed by atoms with Gasteiger partial charge in [-0.3, -0.25) is 14.4 Å². The van der Waals surface area contributed by atoms with Crippen molar-refractivity contribution in [2.45, 2.75) is 112 Å². The van der Waals surface area contributed by atoms with Gasteiger partial charge in [-0.2, -0.15) is 0 Å². The van der Waals surface area contributed by atoms with E-state index >= 15 is 0 Å². The fraction of sp³-hybridized carbons (Fsp3) is 0.568. The molecule has 2 aliphatic rings. The van der Waals surface area contributed by atoms with Crippen LogP contribution in [0, 0.1) is 22.7 Å². The summed E-state index contributed by atoms with van der Waals surface area (Å²) in [6, 6.07) is 9.30. The van der Waals surface area contributed by atoms with Gasteiger partial charge in [0.15, 0.2) is 5.78 Å². The van der Waals surface area contributed by atoms with Crippen molar-refractivity contribution in [3.8, 4) is 0 Å². The second kappa shape index (κ2) is 13.8. The van der Waals surface area contributed by atoms with Gasteiger partial charge in [-0.25, -0.2) is 4.79 Å². The minimum Gasteiger partial charge on any atom is -0.510 e. The Balaban J connectivity index is 2.43. The zero-order valence-electron chi connectivity index (χ0n) is 28.4. The number of esters is 1. The SMILES string of the molecule is CCC(C)C(=O)C1=C(O)C2(CC=C(C)C)CC(CCC(C)(C)NC(C)=O)C(C)(C)C(C(CC(=O)O)c3ccccc3)=C2OC1=O. The Morgan fingerprint density at radius 3 is 2.29 bits per heavy atom. The van der Waals surface area contributed by atoms with Gasteiger partial charge in [-0.1, -0.05) is 69.7 Å². The van der Waals surface area contributed by atoms with Gasteiger partial charge in [0.05, 0.1) is 11.8 Å². The number of hydrogen-bond donors (Lipinski definition) is 3. The van der Waals surface area contributed by atoms with Crippen molar-refractivity contribution < 1.29 is 34.1 Å². The summed E-state index contributed by atoms with van der Waals surface area (Å²) in [4.78, 5) is 51.7. The van der Waals surface area contributed by atoms with Gasteiger partial charge in [0.1, 0.15) is 17.1 Å². The van der Waals surface area contributed by atoms with Crippen LogP contribution in [-0.4, -0.2) is 39.4 Å². The zero-order chi connectivity index (χ0) is 33.9. The highest BCUT2D eigenvalue weighted by Gasteiger charge is 2.59. The van der Waals surface area contributed by atoms with Crippen molar-refractivity contribution >= 4 is 23.6 Å². The summed E-state index contributed by atoms with van der Waals surface area (Å²) in [6.45, 7) is 17.0. The third kappa shape index (κ3) is 7.59. The third-order valence-corrected chi connectivity index (χ3v) is 9.80. The Morgan fingerprint density at radius 2 is 1.76 bits per heavy atom. The summed E-state index contributed by atoms with van der Waals surface area (Å²) in [5.41, 5.74) is -0.403. The molecule has 1 aromatic rings. The van der Waals surface area contributed by atoms with Crippen LogP contribution in [0.4, 0.5) is 0 Å². The monoisotopic (exact) mass is 621 g/mol. The summed E-state index contributed by atoms with van der Waals surface area (Å²) in [5, 5.41) is 25.4.